The fourth-order valence-corrected chi connectivity index (χ4v) is 2.60. The van der Waals surface area contributed by atoms with Gasteiger partial charge in [0.1, 0.15) is 5.52 Å². The van der Waals surface area contributed by atoms with Gasteiger partial charge in [-0.25, -0.2) is 4.98 Å². The van der Waals surface area contributed by atoms with Crippen LogP contribution in [0.25, 0.3) is 11.1 Å². The number of para-hydroxylation sites is 1. The minimum atomic E-state index is -0.870. The Labute approximate surface area is 145 Å². The second-order valence-corrected chi connectivity index (χ2v) is 6.15. The number of carbonyl (C=O) groups is 2. The van der Waals surface area contributed by atoms with Gasteiger partial charge < -0.3 is 20.2 Å². The third-order valence-electron chi connectivity index (χ3n) is 4.11. The van der Waals surface area contributed by atoms with Crippen molar-refractivity contribution in [3.63, 3.8) is 0 Å². The van der Waals surface area contributed by atoms with E-state index in [9.17, 15) is 14.7 Å². The molecule has 1 heterocycles. The Kier molecular flexibility index (Phi) is 5.14. The number of allylic oxidation sites excluding steroid dienone is 1. The highest BCUT2D eigenvalue weighted by Crippen LogP contribution is 2.24. The Morgan fingerprint density at radius 1 is 1.32 bits per heavy atom. The molecule has 2 aromatic rings. The molecule has 1 aromatic heterocycles. The highest BCUT2D eigenvalue weighted by Gasteiger charge is 2.16. The first-order chi connectivity index (χ1) is 12.0. The van der Waals surface area contributed by atoms with Crippen LogP contribution < -0.4 is 10.6 Å². The minimum Gasteiger partial charge on any atom is -0.441 e. The largest absolute Gasteiger partial charge is 0.441 e. The smallest absolute Gasteiger partial charge is 0.253 e. The predicted molar refractivity (Wildman–Crippen MR) is 92.0 cm³/mol. The standard InChI is InChI=1S/C18H21N3O4/c1-11-21-17-14(6-3-7-15(17)25-11)18(24)20-10-13(22)9-19-16(23)8-12-4-2-5-12/h3,6-8,13,22H,2,4-5,9-10H2,1H3,(H,19,23)(H,20,24). The molecule has 132 valence electrons. The Morgan fingerprint density at radius 2 is 2.08 bits per heavy atom. The molecule has 0 bridgehead atoms. The van der Waals surface area contributed by atoms with Gasteiger partial charge in [0.25, 0.3) is 5.91 Å². The van der Waals surface area contributed by atoms with E-state index in [1.165, 1.54) is 0 Å². The summed E-state index contributed by atoms with van der Waals surface area (Å²) in [5.74, 6) is -0.0673. The number of hydrogen-bond acceptors (Lipinski definition) is 5. The van der Waals surface area contributed by atoms with Gasteiger partial charge in [-0.05, 0) is 31.4 Å². The average molecular weight is 343 g/mol. The average Bonchev–Trinajstić information content (AvgIpc) is 2.94. The summed E-state index contributed by atoms with van der Waals surface area (Å²) in [6, 6.07) is 5.11. The number of hydrogen-bond donors (Lipinski definition) is 3. The monoisotopic (exact) mass is 343 g/mol. The second-order valence-electron chi connectivity index (χ2n) is 6.15. The summed E-state index contributed by atoms with van der Waals surface area (Å²) >= 11 is 0. The summed E-state index contributed by atoms with van der Waals surface area (Å²) in [6.45, 7) is 1.83. The molecule has 2 amide bonds. The van der Waals surface area contributed by atoms with Crippen LogP contribution in [0.2, 0.25) is 0 Å². The summed E-state index contributed by atoms with van der Waals surface area (Å²) in [6.07, 6.45) is 3.79. The highest BCUT2D eigenvalue weighted by atomic mass is 16.3. The molecule has 1 saturated carbocycles. The molecule has 7 heteroatoms. The van der Waals surface area contributed by atoms with E-state index < -0.39 is 6.10 Å². The van der Waals surface area contributed by atoms with Gasteiger partial charge in [-0.2, -0.15) is 0 Å². The molecule has 3 rings (SSSR count). The van der Waals surface area contributed by atoms with Gasteiger partial charge in [-0.3, -0.25) is 9.59 Å². The number of nitrogens with one attached hydrogen (secondary N) is 2. The zero-order valence-electron chi connectivity index (χ0n) is 14.0. The Balaban J connectivity index is 1.50. The molecule has 1 atom stereocenters. The summed E-state index contributed by atoms with van der Waals surface area (Å²) in [5, 5.41) is 15.2. The number of fused-ring (bicyclic) bond motifs is 1. The number of nitrogens with zero attached hydrogens (tertiary/aromatic N) is 1. The van der Waals surface area contributed by atoms with Gasteiger partial charge >= 0.3 is 0 Å². The van der Waals surface area contributed by atoms with Gasteiger partial charge in [0.05, 0.1) is 11.7 Å². The third kappa shape index (κ3) is 4.24. The van der Waals surface area contributed by atoms with Gasteiger partial charge in [0.2, 0.25) is 5.91 Å². The van der Waals surface area contributed by atoms with Crippen molar-refractivity contribution in [3.05, 3.63) is 41.3 Å². The summed E-state index contributed by atoms with van der Waals surface area (Å²) in [5.41, 5.74) is 2.56. The maximum absolute atomic E-state index is 12.3. The van der Waals surface area contributed by atoms with E-state index in [2.05, 4.69) is 15.6 Å². The van der Waals surface area contributed by atoms with E-state index in [-0.39, 0.29) is 24.9 Å². The van der Waals surface area contributed by atoms with Gasteiger partial charge in [-0.1, -0.05) is 11.6 Å². The number of oxazole rings is 1. The van der Waals surface area contributed by atoms with Crippen LogP contribution in [0.15, 0.2) is 34.3 Å². The number of aryl methyl sites for hydroxylation is 1. The van der Waals surface area contributed by atoms with Crippen molar-refractivity contribution in [2.45, 2.75) is 32.3 Å². The molecule has 0 radical (unpaired) electrons. The zero-order chi connectivity index (χ0) is 17.8. The van der Waals surface area contributed by atoms with Gasteiger partial charge in [-0.15, -0.1) is 0 Å². The molecule has 0 spiro atoms. The lowest BCUT2D eigenvalue weighted by atomic mass is 9.92. The predicted octanol–water partition coefficient (Wildman–Crippen LogP) is 1.45. The van der Waals surface area contributed by atoms with E-state index >= 15 is 0 Å². The molecule has 1 aliphatic carbocycles. The lowest BCUT2D eigenvalue weighted by Crippen LogP contribution is -2.39. The number of benzene rings is 1. The topological polar surface area (TPSA) is 104 Å². The summed E-state index contributed by atoms with van der Waals surface area (Å²) < 4.78 is 5.40. The molecule has 0 saturated heterocycles. The van der Waals surface area contributed by atoms with Crippen molar-refractivity contribution in [3.8, 4) is 0 Å². The van der Waals surface area contributed by atoms with E-state index in [4.69, 9.17) is 4.42 Å². The Morgan fingerprint density at radius 3 is 2.80 bits per heavy atom. The second kappa shape index (κ2) is 7.48. The third-order valence-corrected chi connectivity index (χ3v) is 4.11. The summed E-state index contributed by atoms with van der Waals surface area (Å²) in [7, 11) is 0. The molecular weight excluding hydrogens is 322 g/mol. The molecule has 7 nitrogen and oxygen atoms in total. The SMILES string of the molecule is Cc1nc2c(C(=O)NCC(O)CNC(=O)C=C3CCC3)cccc2o1. The van der Waals surface area contributed by atoms with E-state index in [1.807, 2.05) is 0 Å². The zero-order valence-corrected chi connectivity index (χ0v) is 14.0. The Hall–Kier alpha value is -2.67. The van der Waals surface area contributed by atoms with E-state index in [0.717, 1.165) is 24.8 Å². The fraction of sp³-hybridized carbons (Fsp3) is 0.389. The van der Waals surface area contributed by atoms with Crippen LogP contribution in [0, 0.1) is 6.92 Å². The lowest BCUT2D eigenvalue weighted by molar-refractivity contribution is -0.117. The lowest BCUT2D eigenvalue weighted by Gasteiger charge is -2.16. The number of aromatic nitrogens is 1. The van der Waals surface area contributed by atoms with Crippen LogP contribution in [0.5, 0.6) is 0 Å². The molecule has 1 aromatic carbocycles. The van der Waals surface area contributed by atoms with Crippen molar-refractivity contribution in [1.29, 1.82) is 0 Å². The molecule has 3 N–H and O–H groups in total. The molecular formula is C18H21N3O4. The summed E-state index contributed by atoms with van der Waals surface area (Å²) in [4.78, 5) is 28.2. The van der Waals surface area contributed by atoms with Crippen molar-refractivity contribution in [2.24, 2.45) is 0 Å². The Bertz CT molecular complexity index is 819. The normalized spacial score (nSPS) is 14.7. The molecule has 0 aliphatic heterocycles. The van der Waals surface area contributed by atoms with Crippen LogP contribution in [-0.4, -0.2) is 41.1 Å². The van der Waals surface area contributed by atoms with Crippen molar-refractivity contribution in [2.75, 3.05) is 13.1 Å². The number of carbonyl (C=O) groups excluding carboxylic acids is 2. The highest BCUT2D eigenvalue weighted by molar-refractivity contribution is 6.04. The number of amides is 2. The van der Waals surface area contributed by atoms with Crippen LogP contribution in [0.4, 0.5) is 0 Å². The first-order valence-corrected chi connectivity index (χ1v) is 8.32. The van der Waals surface area contributed by atoms with Crippen molar-refractivity contribution in [1.82, 2.24) is 15.6 Å². The van der Waals surface area contributed by atoms with E-state index in [1.54, 1.807) is 31.2 Å². The fourth-order valence-electron chi connectivity index (χ4n) is 2.60. The van der Waals surface area contributed by atoms with Crippen molar-refractivity contribution < 1.29 is 19.1 Å². The van der Waals surface area contributed by atoms with Crippen LogP contribution >= 0.6 is 0 Å². The minimum absolute atomic E-state index is 0.0307. The molecule has 1 fully saturated rings. The van der Waals surface area contributed by atoms with Crippen LogP contribution in [-0.2, 0) is 4.79 Å². The maximum Gasteiger partial charge on any atom is 0.253 e. The number of rotatable bonds is 6. The molecule has 1 aliphatic rings. The first-order valence-electron chi connectivity index (χ1n) is 8.32. The van der Waals surface area contributed by atoms with Crippen LogP contribution in [0.3, 0.4) is 0 Å². The number of aliphatic hydroxyl groups excluding tert-OH is 1. The quantitative estimate of drug-likeness (QED) is 0.689. The van der Waals surface area contributed by atoms with Crippen LogP contribution in [0.1, 0.15) is 35.5 Å². The number of aliphatic hydroxyl groups is 1. The van der Waals surface area contributed by atoms with Gasteiger partial charge in [0.15, 0.2) is 11.5 Å². The first kappa shape index (κ1) is 17.2. The van der Waals surface area contributed by atoms with E-state index in [0.29, 0.717) is 22.6 Å². The maximum atomic E-state index is 12.3. The molecule has 25 heavy (non-hydrogen) atoms. The van der Waals surface area contributed by atoms with Crippen molar-refractivity contribution >= 4 is 22.9 Å². The molecule has 1 unspecified atom stereocenters. The van der Waals surface area contributed by atoms with Gasteiger partial charge in [0, 0.05) is 26.1 Å².